The summed E-state index contributed by atoms with van der Waals surface area (Å²) in [5.41, 5.74) is 0. The van der Waals surface area contributed by atoms with Gasteiger partial charge < -0.3 is 9.64 Å². The highest BCUT2D eigenvalue weighted by Gasteiger charge is 2.36. The van der Waals surface area contributed by atoms with E-state index in [4.69, 9.17) is 4.74 Å². The van der Waals surface area contributed by atoms with Gasteiger partial charge in [0.05, 0.1) is 6.26 Å². The molecule has 1 aromatic carbocycles. The predicted octanol–water partition coefficient (Wildman–Crippen LogP) is 1.38. The number of halogens is 1. The average molecular weight is 358 g/mol. The lowest BCUT2D eigenvalue weighted by molar-refractivity contribution is -0.132. The van der Waals surface area contributed by atoms with Crippen LogP contribution in [0.1, 0.15) is 19.8 Å². The Balaban J connectivity index is 1.94. The molecular weight excluding hydrogens is 335 g/mol. The molecule has 1 fully saturated rings. The topological polar surface area (TPSA) is 75.7 Å². The maximum atomic E-state index is 13.1. The van der Waals surface area contributed by atoms with Crippen molar-refractivity contribution in [3.05, 3.63) is 30.1 Å². The van der Waals surface area contributed by atoms with E-state index in [1.54, 1.807) is 11.0 Å². The number of carbonyl (C=O) groups excluding carboxylic acids is 1. The highest BCUT2D eigenvalue weighted by atomic mass is 32.2. The summed E-state index contributed by atoms with van der Waals surface area (Å²) >= 11 is 0. The number of hydrogen-bond acceptors (Lipinski definition) is 4. The van der Waals surface area contributed by atoms with Crippen LogP contribution < -0.4 is 9.46 Å². The molecule has 1 amide bonds. The molecule has 0 bridgehead atoms. The molecule has 0 saturated carbocycles. The second-order valence-corrected chi connectivity index (χ2v) is 7.87. The minimum Gasteiger partial charge on any atom is -0.484 e. The number of ether oxygens (including phenoxy) is 1. The molecule has 24 heavy (non-hydrogen) atoms. The molecular formula is C16H23FN2O4S. The van der Waals surface area contributed by atoms with E-state index in [-0.39, 0.29) is 24.5 Å². The quantitative estimate of drug-likeness (QED) is 0.799. The van der Waals surface area contributed by atoms with E-state index in [0.29, 0.717) is 18.8 Å². The van der Waals surface area contributed by atoms with Crippen LogP contribution in [0.15, 0.2) is 24.3 Å². The van der Waals surface area contributed by atoms with Crippen molar-refractivity contribution < 1.29 is 22.3 Å². The molecule has 1 aliphatic heterocycles. The number of sulfonamides is 1. The van der Waals surface area contributed by atoms with Gasteiger partial charge in [-0.15, -0.1) is 0 Å². The molecule has 1 N–H and O–H groups in total. The zero-order chi connectivity index (χ0) is 17.7. The fraction of sp³-hybridized carbons (Fsp3) is 0.562. The molecule has 0 aliphatic carbocycles. The lowest BCUT2D eigenvalue weighted by Gasteiger charge is -2.17. The fourth-order valence-electron chi connectivity index (χ4n) is 2.94. The van der Waals surface area contributed by atoms with Gasteiger partial charge in [0.2, 0.25) is 10.0 Å². The van der Waals surface area contributed by atoms with Gasteiger partial charge in [0.25, 0.3) is 5.91 Å². The molecule has 2 atom stereocenters. The van der Waals surface area contributed by atoms with Crippen molar-refractivity contribution in [3.8, 4) is 5.75 Å². The van der Waals surface area contributed by atoms with E-state index in [0.717, 1.165) is 19.1 Å². The third-order valence-corrected chi connectivity index (χ3v) is 4.71. The zero-order valence-corrected chi connectivity index (χ0v) is 14.7. The van der Waals surface area contributed by atoms with Gasteiger partial charge in [0, 0.05) is 25.2 Å². The third-order valence-electron chi connectivity index (χ3n) is 3.98. The van der Waals surface area contributed by atoms with Crippen LogP contribution in [0, 0.1) is 11.7 Å². The molecule has 1 aromatic rings. The molecule has 8 heteroatoms. The molecule has 134 valence electrons. The highest BCUT2D eigenvalue weighted by molar-refractivity contribution is 7.88. The van der Waals surface area contributed by atoms with Crippen molar-refractivity contribution in [3.63, 3.8) is 0 Å². The minimum absolute atomic E-state index is 0.0860. The smallest absolute Gasteiger partial charge is 0.260 e. The van der Waals surface area contributed by atoms with Crippen molar-refractivity contribution in [1.82, 2.24) is 9.62 Å². The van der Waals surface area contributed by atoms with Gasteiger partial charge in [-0.3, -0.25) is 4.79 Å². The maximum Gasteiger partial charge on any atom is 0.260 e. The average Bonchev–Trinajstić information content (AvgIpc) is 2.86. The number of benzene rings is 1. The van der Waals surface area contributed by atoms with Crippen LogP contribution in [0.4, 0.5) is 4.39 Å². The normalized spacial score (nSPS) is 21.0. The van der Waals surface area contributed by atoms with Crippen LogP contribution in [0.5, 0.6) is 5.75 Å². The summed E-state index contributed by atoms with van der Waals surface area (Å²) in [4.78, 5) is 13.9. The van der Waals surface area contributed by atoms with Gasteiger partial charge in [0.15, 0.2) is 6.61 Å². The number of rotatable bonds is 7. The molecule has 2 rings (SSSR count). The van der Waals surface area contributed by atoms with Crippen LogP contribution in [0.2, 0.25) is 0 Å². The van der Waals surface area contributed by atoms with E-state index in [1.807, 2.05) is 6.92 Å². The lowest BCUT2D eigenvalue weighted by atomic mass is 9.99. The summed E-state index contributed by atoms with van der Waals surface area (Å²) in [6, 6.07) is 5.32. The summed E-state index contributed by atoms with van der Waals surface area (Å²) in [5, 5.41) is 0. The Morgan fingerprint density at radius 1 is 1.42 bits per heavy atom. The first-order valence-electron chi connectivity index (χ1n) is 7.92. The SMILES string of the molecule is CCC[C@H]1CN(C(=O)COc2cccc(F)c2)C[C@@H]1NS(C)(=O)=O. The summed E-state index contributed by atoms with van der Waals surface area (Å²) < 4.78 is 44.0. The van der Waals surface area contributed by atoms with Crippen LogP contribution in [0.3, 0.4) is 0 Å². The van der Waals surface area contributed by atoms with E-state index in [9.17, 15) is 17.6 Å². The lowest BCUT2D eigenvalue weighted by Crippen LogP contribution is -2.41. The number of carbonyl (C=O) groups is 1. The molecule has 1 saturated heterocycles. The molecule has 0 aromatic heterocycles. The number of hydrogen-bond donors (Lipinski definition) is 1. The second-order valence-electron chi connectivity index (χ2n) is 6.09. The summed E-state index contributed by atoms with van der Waals surface area (Å²) in [6.45, 7) is 2.64. The Bertz CT molecular complexity index is 680. The van der Waals surface area contributed by atoms with Gasteiger partial charge in [-0.2, -0.15) is 0 Å². The Labute approximate surface area is 142 Å². The van der Waals surface area contributed by atoms with Crippen molar-refractivity contribution in [2.24, 2.45) is 5.92 Å². The Morgan fingerprint density at radius 2 is 2.17 bits per heavy atom. The molecule has 0 radical (unpaired) electrons. The first-order valence-corrected chi connectivity index (χ1v) is 9.81. The van der Waals surface area contributed by atoms with Gasteiger partial charge in [-0.25, -0.2) is 17.5 Å². The number of nitrogens with one attached hydrogen (secondary N) is 1. The number of likely N-dealkylation sites (tertiary alicyclic amines) is 1. The molecule has 0 unspecified atom stereocenters. The fourth-order valence-corrected chi connectivity index (χ4v) is 3.76. The second kappa shape index (κ2) is 7.94. The van der Waals surface area contributed by atoms with Gasteiger partial charge in [-0.1, -0.05) is 19.4 Å². The first kappa shape index (κ1) is 18.7. The first-order chi connectivity index (χ1) is 11.3. The Morgan fingerprint density at radius 3 is 2.79 bits per heavy atom. The summed E-state index contributed by atoms with van der Waals surface area (Å²) in [6.07, 6.45) is 2.86. The predicted molar refractivity (Wildman–Crippen MR) is 88.6 cm³/mol. The molecule has 1 aliphatic rings. The maximum absolute atomic E-state index is 13.1. The zero-order valence-electron chi connectivity index (χ0n) is 13.9. The third kappa shape index (κ3) is 5.45. The molecule has 1 heterocycles. The van der Waals surface area contributed by atoms with Crippen molar-refractivity contribution in [1.29, 1.82) is 0 Å². The highest BCUT2D eigenvalue weighted by Crippen LogP contribution is 2.23. The number of amides is 1. The van der Waals surface area contributed by atoms with E-state index < -0.39 is 15.8 Å². The van der Waals surface area contributed by atoms with E-state index in [2.05, 4.69) is 4.72 Å². The van der Waals surface area contributed by atoms with Crippen LogP contribution >= 0.6 is 0 Å². The number of nitrogens with zero attached hydrogens (tertiary/aromatic N) is 1. The van der Waals surface area contributed by atoms with Crippen molar-refractivity contribution in [2.75, 3.05) is 26.0 Å². The van der Waals surface area contributed by atoms with Crippen LogP contribution in [-0.2, 0) is 14.8 Å². The summed E-state index contributed by atoms with van der Waals surface area (Å²) in [7, 11) is -3.33. The van der Waals surface area contributed by atoms with Gasteiger partial charge in [-0.05, 0) is 24.5 Å². The van der Waals surface area contributed by atoms with Crippen molar-refractivity contribution in [2.45, 2.75) is 25.8 Å². The van der Waals surface area contributed by atoms with E-state index in [1.165, 1.54) is 18.2 Å². The Kier molecular flexibility index (Phi) is 6.17. The Hall–Kier alpha value is -1.67. The van der Waals surface area contributed by atoms with Gasteiger partial charge in [0.1, 0.15) is 11.6 Å². The van der Waals surface area contributed by atoms with Crippen molar-refractivity contribution >= 4 is 15.9 Å². The van der Waals surface area contributed by atoms with E-state index >= 15 is 0 Å². The molecule has 0 spiro atoms. The minimum atomic E-state index is -3.33. The van der Waals surface area contributed by atoms with Crippen LogP contribution in [-0.4, -0.2) is 51.2 Å². The molecule has 6 nitrogen and oxygen atoms in total. The monoisotopic (exact) mass is 358 g/mol. The van der Waals surface area contributed by atoms with Gasteiger partial charge >= 0.3 is 0 Å². The standard InChI is InChI=1S/C16H23FN2O4S/c1-3-5-12-9-19(10-15(12)18-24(2,21)22)16(20)11-23-14-7-4-6-13(17)8-14/h4,6-8,12,15,18H,3,5,9-11H2,1-2H3/t12-,15-/m0/s1. The largest absolute Gasteiger partial charge is 0.484 e. The van der Waals surface area contributed by atoms with Crippen LogP contribution in [0.25, 0.3) is 0 Å². The summed E-state index contributed by atoms with van der Waals surface area (Å²) in [5.74, 6) is -0.291.